The average Bonchev–Trinajstić information content (AvgIpc) is 2.39. The maximum atomic E-state index is 13.6. The van der Waals surface area contributed by atoms with Crippen LogP contribution >= 0.6 is 11.8 Å². The van der Waals surface area contributed by atoms with Crippen LogP contribution in [0.3, 0.4) is 0 Å². The molecule has 0 aromatic heterocycles. The fourth-order valence-corrected chi connectivity index (χ4v) is 2.58. The maximum absolute atomic E-state index is 13.6. The first kappa shape index (κ1) is 15.3. The minimum absolute atomic E-state index is 0.118. The van der Waals surface area contributed by atoms with Crippen LogP contribution in [0.5, 0.6) is 5.75 Å². The molecule has 1 aliphatic carbocycles. The monoisotopic (exact) mass is 297 g/mol. The number of ether oxygens (including phenoxy) is 1. The van der Waals surface area contributed by atoms with Crippen LogP contribution in [0, 0.1) is 5.82 Å². The molecule has 1 N–H and O–H groups in total. The van der Waals surface area contributed by atoms with Crippen LogP contribution in [-0.4, -0.2) is 30.6 Å². The maximum Gasteiger partial charge on any atom is 0.189 e. The Balaban J connectivity index is 1.92. The van der Waals surface area contributed by atoms with E-state index in [1.54, 1.807) is 6.26 Å². The van der Waals surface area contributed by atoms with Crippen molar-refractivity contribution in [3.8, 4) is 5.75 Å². The fourth-order valence-electron chi connectivity index (χ4n) is 2.27. The van der Waals surface area contributed by atoms with Crippen LogP contribution in [0.25, 0.3) is 0 Å². The van der Waals surface area contributed by atoms with Crippen LogP contribution in [0.2, 0.25) is 0 Å². The van der Waals surface area contributed by atoms with Crippen molar-refractivity contribution in [3.63, 3.8) is 0 Å². The highest BCUT2D eigenvalue weighted by Gasteiger charge is 2.29. The van der Waals surface area contributed by atoms with Gasteiger partial charge in [-0.05, 0) is 50.3 Å². The van der Waals surface area contributed by atoms with Crippen molar-refractivity contribution in [3.05, 3.63) is 29.6 Å². The zero-order chi connectivity index (χ0) is 14.5. The molecule has 110 valence electrons. The van der Waals surface area contributed by atoms with E-state index in [0.29, 0.717) is 24.6 Å². The van der Waals surface area contributed by atoms with Gasteiger partial charge in [0.15, 0.2) is 5.12 Å². The standard InChI is InChI=1S/C15H20FNO2S/c1-17-12-8-14(9-12)19-13-6-10(5-11(16)7-13)3-4-15(18)20-2/h5-7,12,14,17H,3-4,8-9H2,1-2H3/t12-,14+. The SMILES string of the molecule is CN[C@H]1C[C@@H](Oc2cc(F)cc(CCC(=O)SC)c2)C1. The van der Waals surface area contributed by atoms with Gasteiger partial charge >= 0.3 is 0 Å². The molecule has 1 aromatic rings. The number of rotatable bonds is 6. The molecule has 0 spiro atoms. The van der Waals surface area contributed by atoms with Gasteiger partial charge in [0.05, 0.1) is 0 Å². The molecule has 2 rings (SSSR count). The lowest BCUT2D eigenvalue weighted by atomic mass is 9.89. The van der Waals surface area contributed by atoms with E-state index >= 15 is 0 Å². The van der Waals surface area contributed by atoms with Gasteiger partial charge in [0, 0.05) is 18.5 Å². The molecule has 0 bridgehead atoms. The molecule has 3 nitrogen and oxygen atoms in total. The predicted molar refractivity (Wildman–Crippen MR) is 79.7 cm³/mol. The molecule has 0 atom stereocenters. The molecule has 5 heteroatoms. The molecule has 0 radical (unpaired) electrons. The highest BCUT2D eigenvalue weighted by molar-refractivity contribution is 8.13. The van der Waals surface area contributed by atoms with Crippen molar-refractivity contribution in [2.24, 2.45) is 0 Å². The minimum Gasteiger partial charge on any atom is -0.490 e. The van der Waals surface area contributed by atoms with Crippen molar-refractivity contribution < 1.29 is 13.9 Å². The smallest absolute Gasteiger partial charge is 0.189 e. The van der Waals surface area contributed by atoms with E-state index in [9.17, 15) is 9.18 Å². The summed E-state index contributed by atoms with van der Waals surface area (Å²) in [4.78, 5) is 11.3. The first-order valence-corrected chi connectivity index (χ1v) is 8.03. The van der Waals surface area contributed by atoms with Crippen LogP contribution in [0.4, 0.5) is 4.39 Å². The topological polar surface area (TPSA) is 38.3 Å². The number of halogens is 1. The van der Waals surface area contributed by atoms with Gasteiger partial charge in [0.2, 0.25) is 0 Å². The second kappa shape index (κ2) is 7.09. The van der Waals surface area contributed by atoms with Crippen molar-refractivity contribution in [2.45, 2.75) is 37.8 Å². The number of hydrogen-bond donors (Lipinski definition) is 1. The van der Waals surface area contributed by atoms with Crippen LogP contribution in [0.15, 0.2) is 18.2 Å². The van der Waals surface area contributed by atoms with Gasteiger partial charge in [-0.15, -0.1) is 0 Å². The van der Waals surface area contributed by atoms with E-state index in [0.717, 1.165) is 18.4 Å². The fraction of sp³-hybridized carbons (Fsp3) is 0.533. The summed E-state index contributed by atoms with van der Waals surface area (Å²) in [5, 5.41) is 3.30. The first-order chi connectivity index (χ1) is 9.60. The Kier molecular flexibility index (Phi) is 5.43. The molecule has 0 amide bonds. The summed E-state index contributed by atoms with van der Waals surface area (Å²) < 4.78 is 19.3. The molecule has 1 aliphatic rings. The van der Waals surface area contributed by atoms with Gasteiger partial charge in [-0.3, -0.25) is 4.79 Å². The zero-order valence-electron chi connectivity index (χ0n) is 11.8. The number of thioether (sulfide) groups is 1. The van der Waals surface area contributed by atoms with Gasteiger partial charge in [-0.1, -0.05) is 11.8 Å². The van der Waals surface area contributed by atoms with Crippen LogP contribution in [0.1, 0.15) is 24.8 Å². The van der Waals surface area contributed by atoms with Gasteiger partial charge in [-0.25, -0.2) is 4.39 Å². The summed E-state index contributed by atoms with van der Waals surface area (Å²) in [6.07, 6.45) is 4.81. The Bertz CT molecular complexity index is 475. The Morgan fingerprint density at radius 2 is 2.20 bits per heavy atom. The number of carbonyl (C=O) groups excluding carboxylic acids is 1. The van der Waals surface area contributed by atoms with Crippen molar-refractivity contribution >= 4 is 16.9 Å². The summed E-state index contributed by atoms with van der Waals surface area (Å²) in [7, 11) is 1.93. The van der Waals surface area contributed by atoms with Gasteiger partial charge in [0.25, 0.3) is 0 Å². The Morgan fingerprint density at radius 3 is 2.85 bits per heavy atom. The Morgan fingerprint density at radius 1 is 1.45 bits per heavy atom. The molecule has 0 heterocycles. The van der Waals surface area contributed by atoms with E-state index in [-0.39, 0.29) is 17.0 Å². The molecule has 0 unspecified atom stereocenters. The highest BCUT2D eigenvalue weighted by Crippen LogP contribution is 2.27. The predicted octanol–water partition coefficient (Wildman–Crippen LogP) is 2.78. The number of nitrogens with one attached hydrogen (secondary N) is 1. The zero-order valence-corrected chi connectivity index (χ0v) is 12.6. The molecule has 1 aromatic carbocycles. The number of carbonyl (C=O) groups is 1. The lowest BCUT2D eigenvalue weighted by Gasteiger charge is -2.35. The Hall–Kier alpha value is -1.07. The molecular weight excluding hydrogens is 277 g/mol. The summed E-state index contributed by atoms with van der Waals surface area (Å²) in [6, 6.07) is 5.22. The minimum atomic E-state index is -0.307. The van der Waals surface area contributed by atoms with Crippen LogP contribution < -0.4 is 10.1 Å². The lowest BCUT2D eigenvalue weighted by Crippen LogP contribution is -2.45. The van der Waals surface area contributed by atoms with Crippen molar-refractivity contribution in [2.75, 3.05) is 13.3 Å². The third kappa shape index (κ3) is 4.21. The van der Waals surface area contributed by atoms with E-state index in [4.69, 9.17) is 4.74 Å². The summed E-state index contributed by atoms with van der Waals surface area (Å²) in [5.74, 6) is 0.259. The molecule has 20 heavy (non-hydrogen) atoms. The van der Waals surface area contributed by atoms with Crippen molar-refractivity contribution in [1.82, 2.24) is 5.32 Å². The molecule has 1 fully saturated rings. The van der Waals surface area contributed by atoms with E-state index in [1.807, 2.05) is 13.1 Å². The summed E-state index contributed by atoms with van der Waals surface area (Å²) in [5.41, 5.74) is 0.812. The van der Waals surface area contributed by atoms with E-state index in [1.165, 1.54) is 23.9 Å². The van der Waals surface area contributed by atoms with Crippen LogP contribution in [-0.2, 0) is 11.2 Å². The quantitative estimate of drug-likeness (QED) is 0.876. The molecular formula is C15H20FNO2S. The second-order valence-corrected chi connectivity index (χ2v) is 5.93. The number of hydrogen-bond acceptors (Lipinski definition) is 4. The third-order valence-corrected chi connectivity index (χ3v) is 4.24. The van der Waals surface area contributed by atoms with E-state index in [2.05, 4.69) is 5.32 Å². The number of aryl methyl sites for hydroxylation is 1. The summed E-state index contributed by atoms with van der Waals surface area (Å²) >= 11 is 1.21. The normalized spacial score (nSPS) is 21.4. The van der Waals surface area contributed by atoms with Gasteiger partial charge in [0.1, 0.15) is 17.7 Å². The average molecular weight is 297 g/mol. The molecule has 1 saturated carbocycles. The van der Waals surface area contributed by atoms with Gasteiger partial charge < -0.3 is 10.1 Å². The Labute approximate surface area is 123 Å². The van der Waals surface area contributed by atoms with E-state index < -0.39 is 0 Å². The highest BCUT2D eigenvalue weighted by atomic mass is 32.2. The second-order valence-electron chi connectivity index (χ2n) is 5.07. The van der Waals surface area contributed by atoms with Gasteiger partial charge in [-0.2, -0.15) is 0 Å². The largest absolute Gasteiger partial charge is 0.490 e. The first-order valence-electron chi connectivity index (χ1n) is 6.81. The molecule has 0 aliphatic heterocycles. The third-order valence-electron chi connectivity index (χ3n) is 3.58. The lowest BCUT2D eigenvalue weighted by molar-refractivity contribution is -0.110. The molecule has 0 saturated heterocycles. The number of benzene rings is 1. The van der Waals surface area contributed by atoms with Crippen molar-refractivity contribution in [1.29, 1.82) is 0 Å². The summed E-state index contributed by atoms with van der Waals surface area (Å²) in [6.45, 7) is 0.